The molecule has 0 aromatic heterocycles. The van der Waals surface area contributed by atoms with E-state index in [-0.39, 0.29) is 12.5 Å². The van der Waals surface area contributed by atoms with Crippen LogP contribution in [0.1, 0.15) is 48.9 Å². The van der Waals surface area contributed by atoms with Gasteiger partial charge in [0.05, 0.1) is 6.10 Å². The van der Waals surface area contributed by atoms with Crippen LogP contribution in [0.5, 0.6) is 5.75 Å². The molecule has 4 nitrogen and oxygen atoms in total. The van der Waals surface area contributed by atoms with Crippen LogP contribution in [0.3, 0.4) is 0 Å². The summed E-state index contributed by atoms with van der Waals surface area (Å²) in [6.07, 6.45) is 6.97. The largest absolute Gasteiger partial charge is 0.490 e. The Morgan fingerprint density at radius 2 is 1.90 bits per heavy atom. The summed E-state index contributed by atoms with van der Waals surface area (Å²) in [5, 5.41) is 11.4. The number of amides is 1. The van der Waals surface area contributed by atoms with Gasteiger partial charge in [0.1, 0.15) is 5.75 Å². The van der Waals surface area contributed by atoms with E-state index in [9.17, 15) is 4.79 Å². The second-order valence-corrected chi connectivity index (χ2v) is 5.24. The normalized spacial score (nSPS) is 15.8. The first-order valence-corrected chi connectivity index (χ1v) is 7.45. The molecule has 1 aromatic rings. The van der Waals surface area contributed by atoms with Gasteiger partial charge in [0.15, 0.2) is 0 Å². The molecule has 1 amide bonds. The molecule has 110 valence electrons. The van der Waals surface area contributed by atoms with E-state index in [1.54, 1.807) is 12.1 Å². The van der Waals surface area contributed by atoms with Gasteiger partial charge in [-0.15, -0.1) is 0 Å². The first-order chi connectivity index (χ1) is 9.79. The van der Waals surface area contributed by atoms with Crippen molar-refractivity contribution in [3.63, 3.8) is 0 Å². The van der Waals surface area contributed by atoms with Gasteiger partial charge in [-0.05, 0) is 56.4 Å². The molecule has 1 saturated carbocycles. The zero-order chi connectivity index (χ0) is 14.2. The predicted octanol–water partition coefficient (Wildman–Crippen LogP) is 2.51. The molecule has 0 atom stereocenters. The van der Waals surface area contributed by atoms with Crippen LogP contribution >= 0.6 is 0 Å². The molecule has 0 heterocycles. The van der Waals surface area contributed by atoms with Crippen molar-refractivity contribution < 1.29 is 14.6 Å². The Morgan fingerprint density at radius 3 is 2.55 bits per heavy atom. The molecule has 2 N–H and O–H groups in total. The van der Waals surface area contributed by atoms with Crippen LogP contribution in [-0.2, 0) is 0 Å². The van der Waals surface area contributed by atoms with Crippen LogP contribution in [0.4, 0.5) is 0 Å². The quantitative estimate of drug-likeness (QED) is 0.785. The van der Waals surface area contributed by atoms with Gasteiger partial charge in [-0.25, -0.2) is 0 Å². The molecule has 2 rings (SSSR count). The van der Waals surface area contributed by atoms with Gasteiger partial charge in [0, 0.05) is 18.7 Å². The molecule has 1 aromatic carbocycles. The van der Waals surface area contributed by atoms with Crippen molar-refractivity contribution in [1.29, 1.82) is 0 Å². The third-order valence-corrected chi connectivity index (χ3v) is 3.59. The fraction of sp³-hybridized carbons (Fsp3) is 0.562. The van der Waals surface area contributed by atoms with E-state index in [4.69, 9.17) is 9.84 Å². The zero-order valence-electron chi connectivity index (χ0n) is 11.8. The van der Waals surface area contributed by atoms with Crippen molar-refractivity contribution in [2.45, 2.75) is 44.6 Å². The molecular weight excluding hydrogens is 254 g/mol. The molecule has 1 aliphatic carbocycles. The summed E-state index contributed by atoms with van der Waals surface area (Å²) in [4.78, 5) is 11.8. The lowest BCUT2D eigenvalue weighted by Crippen LogP contribution is -2.25. The number of aliphatic hydroxyl groups excluding tert-OH is 1. The Hall–Kier alpha value is -1.55. The van der Waals surface area contributed by atoms with Crippen molar-refractivity contribution >= 4 is 5.91 Å². The number of carbonyl (C=O) groups excluding carboxylic acids is 1. The minimum absolute atomic E-state index is 0.0917. The summed E-state index contributed by atoms with van der Waals surface area (Å²) in [6, 6.07) is 7.28. The van der Waals surface area contributed by atoms with Crippen molar-refractivity contribution in [3.05, 3.63) is 29.8 Å². The first kappa shape index (κ1) is 14.9. The summed E-state index contributed by atoms with van der Waals surface area (Å²) in [6.45, 7) is 0.587. The number of ether oxygens (including phenoxy) is 1. The second-order valence-electron chi connectivity index (χ2n) is 5.24. The monoisotopic (exact) mass is 277 g/mol. The molecule has 0 aliphatic heterocycles. The van der Waals surface area contributed by atoms with Gasteiger partial charge >= 0.3 is 0 Å². The summed E-state index contributed by atoms with van der Waals surface area (Å²) in [7, 11) is 0. The van der Waals surface area contributed by atoms with Gasteiger partial charge in [0.25, 0.3) is 5.91 Å². The van der Waals surface area contributed by atoms with Gasteiger partial charge < -0.3 is 15.2 Å². The smallest absolute Gasteiger partial charge is 0.251 e. The minimum Gasteiger partial charge on any atom is -0.490 e. The number of carbonyl (C=O) groups is 1. The number of nitrogens with one attached hydrogen (secondary N) is 1. The van der Waals surface area contributed by atoms with Crippen molar-refractivity contribution in [2.75, 3.05) is 13.2 Å². The van der Waals surface area contributed by atoms with Gasteiger partial charge in [-0.3, -0.25) is 4.79 Å². The molecule has 0 unspecified atom stereocenters. The average Bonchev–Trinajstić information content (AvgIpc) is 2.49. The van der Waals surface area contributed by atoms with Gasteiger partial charge in [0.2, 0.25) is 0 Å². The highest BCUT2D eigenvalue weighted by molar-refractivity contribution is 5.94. The molecular formula is C16H23NO3. The van der Waals surface area contributed by atoms with Crippen LogP contribution in [0.15, 0.2) is 24.3 Å². The van der Waals surface area contributed by atoms with Gasteiger partial charge in [-0.1, -0.05) is 6.42 Å². The molecule has 1 fully saturated rings. The Morgan fingerprint density at radius 1 is 1.20 bits per heavy atom. The van der Waals surface area contributed by atoms with E-state index in [2.05, 4.69) is 5.32 Å². The lowest BCUT2D eigenvalue weighted by Gasteiger charge is -2.23. The third kappa shape index (κ3) is 4.53. The number of hydrogen-bond donors (Lipinski definition) is 2. The fourth-order valence-electron chi connectivity index (χ4n) is 2.44. The van der Waals surface area contributed by atoms with Crippen LogP contribution < -0.4 is 10.1 Å². The summed E-state index contributed by atoms with van der Waals surface area (Å²) in [5.74, 6) is 0.728. The maximum Gasteiger partial charge on any atom is 0.251 e. The van der Waals surface area contributed by atoms with Crippen molar-refractivity contribution in [2.24, 2.45) is 0 Å². The summed E-state index contributed by atoms with van der Waals surface area (Å²) >= 11 is 0. The van der Waals surface area contributed by atoms with E-state index >= 15 is 0 Å². The molecule has 4 heteroatoms. The van der Waals surface area contributed by atoms with Gasteiger partial charge in [-0.2, -0.15) is 0 Å². The van der Waals surface area contributed by atoms with Crippen LogP contribution in [-0.4, -0.2) is 30.3 Å². The number of benzene rings is 1. The second kappa shape index (κ2) is 7.90. The van der Waals surface area contributed by atoms with Crippen LogP contribution in [0.2, 0.25) is 0 Å². The topological polar surface area (TPSA) is 58.6 Å². The van der Waals surface area contributed by atoms with Crippen molar-refractivity contribution in [1.82, 2.24) is 5.32 Å². The highest BCUT2D eigenvalue weighted by Crippen LogP contribution is 2.23. The number of rotatable bonds is 6. The number of hydrogen-bond acceptors (Lipinski definition) is 3. The maximum absolute atomic E-state index is 11.8. The summed E-state index contributed by atoms with van der Waals surface area (Å²) in [5.41, 5.74) is 0.624. The molecule has 0 radical (unpaired) electrons. The maximum atomic E-state index is 11.8. The lowest BCUT2D eigenvalue weighted by atomic mass is 9.98. The SMILES string of the molecule is O=C(NCCCO)c1ccc(OC2CCCCC2)cc1. The fourth-order valence-corrected chi connectivity index (χ4v) is 2.44. The van der Waals surface area contributed by atoms with E-state index in [1.807, 2.05) is 12.1 Å². The Balaban J connectivity index is 1.83. The molecule has 1 aliphatic rings. The zero-order valence-corrected chi connectivity index (χ0v) is 11.8. The van der Waals surface area contributed by atoms with E-state index < -0.39 is 0 Å². The first-order valence-electron chi connectivity index (χ1n) is 7.45. The highest BCUT2D eigenvalue weighted by atomic mass is 16.5. The minimum atomic E-state index is -0.109. The standard InChI is InChI=1S/C16H23NO3/c18-12-4-11-17-16(19)13-7-9-15(10-8-13)20-14-5-2-1-3-6-14/h7-10,14,18H,1-6,11-12H2,(H,17,19). The van der Waals surface area contributed by atoms with Crippen LogP contribution in [0.25, 0.3) is 0 Å². The van der Waals surface area contributed by atoms with E-state index in [0.29, 0.717) is 24.6 Å². The summed E-state index contributed by atoms with van der Waals surface area (Å²) < 4.78 is 5.92. The predicted molar refractivity (Wildman–Crippen MR) is 78.0 cm³/mol. The molecule has 0 bridgehead atoms. The lowest BCUT2D eigenvalue weighted by molar-refractivity contribution is 0.0951. The van der Waals surface area contributed by atoms with E-state index in [0.717, 1.165) is 18.6 Å². The Bertz CT molecular complexity index is 410. The van der Waals surface area contributed by atoms with E-state index in [1.165, 1.54) is 19.3 Å². The Kier molecular flexibility index (Phi) is 5.87. The Labute approximate surface area is 120 Å². The number of aliphatic hydroxyl groups is 1. The third-order valence-electron chi connectivity index (χ3n) is 3.59. The molecule has 0 saturated heterocycles. The average molecular weight is 277 g/mol. The van der Waals surface area contributed by atoms with Crippen molar-refractivity contribution in [3.8, 4) is 5.75 Å². The molecule has 0 spiro atoms. The highest BCUT2D eigenvalue weighted by Gasteiger charge is 2.14. The molecule has 20 heavy (non-hydrogen) atoms. The van der Waals surface area contributed by atoms with Crippen LogP contribution in [0, 0.1) is 0 Å².